The Hall–Kier alpha value is -0.610. The molecule has 0 aliphatic rings. The summed E-state index contributed by atoms with van der Waals surface area (Å²) in [5.74, 6) is -0.211. The topological polar surface area (TPSA) is 66.8 Å². The molecule has 62 valence electrons. The molecule has 0 aromatic carbocycles. The molecule has 0 saturated heterocycles. The first-order valence-corrected chi connectivity index (χ1v) is 3.04. The number of rotatable bonds is 2. The fourth-order valence-corrected chi connectivity index (χ4v) is 0.203. The minimum absolute atomic E-state index is 0.125. The quantitative estimate of drug-likeness (QED) is 0.523. The molecule has 0 fully saturated rings. The minimum Gasteiger partial charge on any atom is -0.466 e. The number of carbonyl (C=O) groups is 1. The van der Waals surface area contributed by atoms with Gasteiger partial charge in [0.25, 0.3) is 0 Å². The summed E-state index contributed by atoms with van der Waals surface area (Å²) in [4.78, 5) is 9.82. The fourth-order valence-electron chi connectivity index (χ4n) is 0.203. The van der Waals surface area contributed by atoms with Gasteiger partial charge in [-0.2, -0.15) is 0 Å². The molecule has 0 aliphatic carbocycles. The van der Waals surface area contributed by atoms with Gasteiger partial charge in [0.15, 0.2) is 0 Å². The second-order valence-corrected chi connectivity index (χ2v) is 1.37. The van der Waals surface area contributed by atoms with E-state index < -0.39 is 0 Å². The van der Waals surface area contributed by atoms with Crippen molar-refractivity contribution in [2.45, 2.75) is 13.8 Å². The van der Waals surface area contributed by atoms with Crippen LogP contribution in [0.5, 0.6) is 0 Å². The molecule has 0 aromatic rings. The summed E-state index contributed by atoms with van der Waals surface area (Å²) in [6, 6.07) is 0. The first-order chi connectivity index (χ1) is 4.68. The van der Waals surface area contributed by atoms with Crippen LogP contribution in [-0.2, 0) is 9.53 Å². The van der Waals surface area contributed by atoms with Crippen LogP contribution < -0.4 is 0 Å². The lowest BCUT2D eigenvalue weighted by Gasteiger charge is -1.89. The summed E-state index contributed by atoms with van der Waals surface area (Å²) in [6.45, 7) is 3.40. The van der Waals surface area contributed by atoms with E-state index in [2.05, 4.69) is 4.74 Å². The van der Waals surface area contributed by atoms with Crippen LogP contribution in [0.4, 0.5) is 0 Å². The maximum absolute atomic E-state index is 9.82. The third kappa shape index (κ3) is 26.3. The molecule has 0 amide bonds. The predicted molar refractivity (Wildman–Crippen MR) is 36.5 cm³/mol. The molecule has 0 bridgehead atoms. The highest BCUT2D eigenvalue weighted by atomic mass is 16.5. The lowest BCUT2D eigenvalue weighted by atomic mass is 10.8. The second-order valence-electron chi connectivity index (χ2n) is 1.37. The van der Waals surface area contributed by atoms with Gasteiger partial charge in [0, 0.05) is 6.92 Å². The molecule has 2 N–H and O–H groups in total. The predicted octanol–water partition coefficient (Wildman–Crippen LogP) is -0.460. The van der Waals surface area contributed by atoms with E-state index in [1.54, 1.807) is 6.92 Å². The molecular formula is C6H14O4. The number of hydrogen-bond donors (Lipinski definition) is 2. The molecule has 0 aromatic heterocycles. The molecule has 0 atom stereocenters. The second kappa shape index (κ2) is 11.2. The van der Waals surface area contributed by atoms with Crippen LogP contribution in [0.3, 0.4) is 0 Å². The average Bonchev–Trinajstić information content (AvgIpc) is 1.89. The zero-order valence-electron chi connectivity index (χ0n) is 6.33. The van der Waals surface area contributed by atoms with Crippen molar-refractivity contribution in [2.24, 2.45) is 0 Å². The first-order valence-electron chi connectivity index (χ1n) is 3.04. The zero-order valence-corrected chi connectivity index (χ0v) is 6.33. The standard InChI is InChI=1S/C4H8O2.C2H6O2/c1-3-6-4(2)5;3-1-2-4/h3H2,1-2H3;3-4H,1-2H2. The van der Waals surface area contributed by atoms with Gasteiger partial charge in [-0.25, -0.2) is 0 Å². The first kappa shape index (κ1) is 12.1. The van der Waals surface area contributed by atoms with Gasteiger partial charge >= 0.3 is 5.97 Å². The van der Waals surface area contributed by atoms with Crippen LogP contribution in [0, 0.1) is 0 Å². The highest BCUT2D eigenvalue weighted by Gasteiger charge is 1.81. The van der Waals surface area contributed by atoms with Crippen LogP contribution in [0.15, 0.2) is 0 Å². The van der Waals surface area contributed by atoms with Gasteiger partial charge in [-0.05, 0) is 6.92 Å². The Morgan fingerprint density at radius 2 is 1.80 bits per heavy atom. The summed E-state index contributed by atoms with van der Waals surface area (Å²) in [6.07, 6.45) is 0. The van der Waals surface area contributed by atoms with E-state index in [4.69, 9.17) is 10.2 Å². The number of hydrogen-bond acceptors (Lipinski definition) is 4. The Morgan fingerprint density at radius 3 is 1.80 bits per heavy atom. The van der Waals surface area contributed by atoms with Crippen molar-refractivity contribution in [3.63, 3.8) is 0 Å². The number of carbonyl (C=O) groups excluding carboxylic acids is 1. The molecule has 4 nitrogen and oxygen atoms in total. The summed E-state index contributed by atoms with van der Waals surface area (Å²) in [5, 5.41) is 15.2. The fraction of sp³-hybridized carbons (Fsp3) is 0.833. The maximum atomic E-state index is 9.82. The Balaban J connectivity index is 0. The molecule has 0 aliphatic heterocycles. The van der Waals surface area contributed by atoms with Crippen LogP contribution in [-0.4, -0.2) is 36.0 Å². The monoisotopic (exact) mass is 150 g/mol. The smallest absolute Gasteiger partial charge is 0.302 e. The molecule has 0 saturated carbocycles. The summed E-state index contributed by atoms with van der Waals surface area (Å²) < 4.78 is 4.40. The van der Waals surface area contributed by atoms with E-state index in [9.17, 15) is 4.79 Å². The van der Waals surface area contributed by atoms with Crippen molar-refractivity contribution >= 4 is 5.97 Å². The lowest BCUT2D eigenvalue weighted by molar-refractivity contribution is -0.140. The molecule has 0 unspecified atom stereocenters. The van der Waals surface area contributed by atoms with Crippen molar-refractivity contribution in [2.75, 3.05) is 19.8 Å². The van der Waals surface area contributed by atoms with Crippen molar-refractivity contribution in [1.82, 2.24) is 0 Å². The van der Waals surface area contributed by atoms with Crippen molar-refractivity contribution in [3.8, 4) is 0 Å². The van der Waals surface area contributed by atoms with Crippen LogP contribution in [0.1, 0.15) is 13.8 Å². The van der Waals surface area contributed by atoms with E-state index in [0.29, 0.717) is 6.61 Å². The number of aliphatic hydroxyl groups is 2. The molecule has 0 radical (unpaired) electrons. The largest absolute Gasteiger partial charge is 0.466 e. The Bertz CT molecular complexity index is 70.1. The molecular weight excluding hydrogens is 136 g/mol. The molecule has 10 heavy (non-hydrogen) atoms. The van der Waals surface area contributed by atoms with E-state index in [0.717, 1.165) is 0 Å². The van der Waals surface area contributed by atoms with Gasteiger partial charge < -0.3 is 14.9 Å². The summed E-state index contributed by atoms with van der Waals surface area (Å²) in [7, 11) is 0. The third-order valence-corrected chi connectivity index (χ3v) is 0.448. The molecule has 0 rings (SSSR count). The number of ether oxygens (including phenoxy) is 1. The van der Waals surface area contributed by atoms with Crippen molar-refractivity contribution in [1.29, 1.82) is 0 Å². The Morgan fingerprint density at radius 1 is 1.40 bits per heavy atom. The third-order valence-electron chi connectivity index (χ3n) is 0.448. The van der Waals surface area contributed by atoms with E-state index >= 15 is 0 Å². The summed E-state index contributed by atoms with van der Waals surface area (Å²) >= 11 is 0. The zero-order chi connectivity index (χ0) is 8.41. The maximum Gasteiger partial charge on any atom is 0.302 e. The van der Waals surface area contributed by atoms with Gasteiger partial charge in [0.2, 0.25) is 0 Å². The SMILES string of the molecule is CCOC(C)=O.OCCO. The summed E-state index contributed by atoms with van der Waals surface area (Å²) in [5.41, 5.74) is 0. The van der Waals surface area contributed by atoms with Crippen molar-refractivity contribution < 1.29 is 19.7 Å². The highest BCUT2D eigenvalue weighted by Crippen LogP contribution is 1.69. The van der Waals surface area contributed by atoms with Crippen LogP contribution in [0.2, 0.25) is 0 Å². The Kier molecular flexibility index (Phi) is 13.6. The normalized spacial score (nSPS) is 7.60. The van der Waals surface area contributed by atoms with Crippen molar-refractivity contribution in [3.05, 3.63) is 0 Å². The molecule has 0 spiro atoms. The van der Waals surface area contributed by atoms with E-state index in [1.807, 2.05) is 0 Å². The average molecular weight is 150 g/mol. The molecule has 0 heterocycles. The van der Waals surface area contributed by atoms with Gasteiger partial charge in [-0.3, -0.25) is 4.79 Å². The van der Waals surface area contributed by atoms with E-state index in [-0.39, 0.29) is 19.2 Å². The van der Waals surface area contributed by atoms with Crippen LogP contribution >= 0.6 is 0 Å². The lowest BCUT2D eigenvalue weighted by Crippen LogP contribution is -1.95. The number of esters is 1. The molecule has 4 heteroatoms. The Labute approximate surface area is 60.4 Å². The highest BCUT2D eigenvalue weighted by molar-refractivity contribution is 5.65. The minimum atomic E-state index is -0.211. The van der Waals surface area contributed by atoms with Gasteiger partial charge in [-0.15, -0.1) is 0 Å². The van der Waals surface area contributed by atoms with Gasteiger partial charge in [-0.1, -0.05) is 0 Å². The van der Waals surface area contributed by atoms with Crippen LogP contribution in [0.25, 0.3) is 0 Å². The van der Waals surface area contributed by atoms with Gasteiger partial charge in [0.05, 0.1) is 19.8 Å². The van der Waals surface area contributed by atoms with Gasteiger partial charge in [0.1, 0.15) is 0 Å². The van der Waals surface area contributed by atoms with E-state index in [1.165, 1.54) is 6.92 Å². The number of aliphatic hydroxyl groups excluding tert-OH is 2.